The first-order valence-corrected chi connectivity index (χ1v) is 8.33. The molecule has 2 heterocycles. The van der Waals surface area contributed by atoms with Gasteiger partial charge in [0.25, 0.3) is 10.0 Å². The lowest BCUT2D eigenvalue weighted by molar-refractivity contribution is 0.563. The van der Waals surface area contributed by atoms with Gasteiger partial charge in [-0.15, -0.1) is 5.10 Å². The average Bonchev–Trinajstić information content (AvgIpc) is 2.88. The molecule has 20 heavy (non-hydrogen) atoms. The van der Waals surface area contributed by atoms with Gasteiger partial charge in [0.05, 0.1) is 5.69 Å². The Morgan fingerprint density at radius 3 is 2.70 bits per heavy atom. The number of hydrogen-bond donors (Lipinski definition) is 0. The van der Waals surface area contributed by atoms with Crippen molar-refractivity contribution in [2.45, 2.75) is 24.4 Å². The molecule has 8 heteroatoms. The molecule has 0 bridgehead atoms. The summed E-state index contributed by atoms with van der Waals surface area (Å²) >= 11 is 3.16. The van der Waals surface area contributed by atoms with Crippen molar-refractivity contribution in [3.05, 3.63) is 34.4 Å². The first kappa shape index (κ1) is 13.6. The van der Waals surface area contributed by atoms with Crippen LogP contribution in [-0.2, 0) is 23.5 Å². The topological polar surface area (TPSA) is 68.1 Å². The minimum Gasteiger partial charge on any atom is -0.262 e. The Kier molecular flexibility index (Phi) is 3.09. The first-order chi connectivity index (χ1) is 9.43. The molecule has 1 aromatic heterocycles. The summed E-state index contributed by atoms with van der Waals surface area (Å²) in [5, 5.41) is 7.58. The van der Waals surface area contributed by atoms with Crippen LogP contribution in [0.25, 0.3) is 0 Å². The van der Waals surface area contributed by atoms with E-state index in [-0.39, 0.29) is 15.7 Å². The Morgan fingerprint density at radius 2 is 2.05 bits per heavy atom. The van der Waals surface area contributed by atoms with E-state index >= 15 is 0 Å². The van der Waals surface area contributed by atoms with Crippen LogP contribution in [-0.4, -0.2) is 29.5 Å². The molecule has 0 N–H and O–H groups in total. The number of nitrogens with zero attached hydrogens (tertiary/aromatic N) is 4. The molecule has 0 amide bonds. The predicted molar refractivity (Wildman–Crippen MR) is 78.0 cm³/mol. The van der Waals surface area contributed by atoms with Crippen LogP contribution >= 0.6 is 15.9 Å². The van der Waals surface area contributed by atoms with Crippen LogP contribution in [0.5, 0.6) is 0 Å². The van der Waals surface area contributed by atoms with Crippen LogP contribution < -0.4 is 4.31 Å². The third-order valence-electron chi connectivity index (χ3n) is 3.39. The van der Waals surface area contributed by atoms with E-state index in [1.54, 1.807) is 7.05 Å². The molecule has 0 radical (unpaired) electrons. The van der Waals surface area contributed by atoms with Gasteiger partial charge in [-0.1, -0.05) is 23.4 Å². The summed E-state index contributed by atoms with van der Waals surface area (Å²) in [6.07, 6.45) is 0.707. The van der Waals surface area contributed by atoms with Gasteiger partial charge in [-0.05, 0) is 40.9 Å². The highest BCUT2D eigenvalue weighted by atomic mass is 79.9. The molecule has 0 aliphatic carbocycles. The molecule has 0 fully saturated rings. The number of hydrogen-bond acceptors (Lipinski definition) is 4. The van der Waals surface area contributed by atoms with E-state index in [0.717, 1.165) is 11.3 Å². The van der Waals surface area contributed by atoms with Gasteiger partial charge in [-0.3, -0.25) is 4.31 Å². The first-order valence-electron chi connectivity index (χ1n) is 6.10. The standard InChI is InChI=1S/C12H13BrN4O2S/c1-8-7-9-5-3-4-6-10(9)17(8)20(18,19)12-11(13)14-15-16(12)2/h3-6,8H,7H2,1-2H3. The van der Waals surface area contributed by atoms with Crippen molar-refractivity contribution in [1.29, 1.82) is 0 Å². The van der Waals surface area contributed by atoms with Crippen molar-refractivity contribution < 1.29 is 8.42 Å². The molecule has 1 unspecified atom stereocenters. The number of para-hydroxylation sites is 1. The van der Waals surface area contributed by atoms with E-state index in [9.17, 15) is 8.42 Å². The fourth-order valence-corrected chi connectivity index (χ4v) is 5.33. The monoisotopic (exact) mass is 356 g/mol. The fourth-order valence-electron chi connectivity index (χ4n) is 2.59. The maximum absolute atomic E-state index is 12.9. The number of fused-ring (bicyclic) bond motifs is 1. The molecule has 1 atom stereocenters. The van der Waals surface area contributed by atoms with Crippen LogP contribution in [0.4, 0.5) is 5.69 Å². The van der Waals surface area contributed by atoms with E-state index in [4.69, 9.17) is 0 Å². The van der Waals surface area contributed by atoms with Gasteiger partial charge in [0.15, 0.2) is 4.60 Å². The minimum atomic E-state index is -3.69. The zero-order valence-electron chi connectivity index (χ0n) is 11.0. The molecule has 6 nitrogen and oxygen atoms in total. The van der Waals surface area contributed by atoms with Crippen LogP contribution in [0.2, 0.25) is 0 Å². The van der Waals surface area contributed by atoms with Gasteiger partial charge in [0.1, 0.15) is 0 Å². The lowest BCUT2D eigenvalue weighted by Gasteiger charge is -2.24. The Hall–Kier alpha value is -1.41. The summed E-state index contributed by atoms with van der Waals surface area (Å²) in [6.45, 7) is 1.90. The summed E-state index contributed by atoms with van der Waals surface area (Å²) in [5.74, 6) is 0. The maximum atomic E-state index is 12.9. The van der Waals surface area contributed by atoms with Crippen LogP contribution in [0.1, 0.15) is 12.5 Å². The average molecular weight is 357 g/mol. The van der Waals surface area contributed by atoms with E-state index in [2.05, 4.69) is 26.2 Å². The number of benzene rings is 1. The van der Waals surface area contributed by atoms with Crippen LogP contribution in [0.15, 0.2) is 33.9 Å². The predicted octanol–water partition coefficient (Wildman–Crippen LogP) is 1.72. The third kappa shape index (κ3) is 1.86. The highest BCUT2D eigenvalue weighted by Gasteiger charge is 2.39. The number of anilines is 1. The quantitative estimate of drug-likeness (QED) is 0.821. The van der Waals surface area contributed by atoms with Gasteiger partial charge in [0, 0.05) is 13.1 Å². The largest absolute Gasteiger partial charge is 0.284 e. The lowest BCUT2D eigenvalue weighted by atomic mass is 10.1. The summed E-state index contributed by atoms with van der Waals surface area (Å²) < 4.78 is 28.8. The SMILES string of the molecule is CC1Cc2ccccc2N1S(=O)(=O)c1c(Br)nnn1C. The Labute approximate surface area is 125 Å². The van der Waals surface area contributed by atoms with Crippen molar-refractivity contribution in [1.82, 2.24) is 15.0 Å². The van der Waals surface area contributed by atoms with E-state index in [0.29, 0.717) is 6.42 Å². The van der Waals surface area contributed by atoms with Gasteiger partial charge in [-0.2, -0.15) is 8.42 Å². The summed E-state index contributed by atoms with van der Waals surface area (Å²) in [6, 6.07) is 7.42. The van der Waals surface area contributed by atoms with Crippen LogP contribution in [0.3, 0.4) is 0 Å². The smallest absolute Gasteiger partial charge is 0.262 e. The Balaban J connectivity index is 2.18. The second-order valence-corrected chi connectivity index (χ2v) is 7.27. The van der Waals surface area contributed by atoms with Crippen LogP contribution in [0, 0.1) is 0 Å². The number of aryl methyl sites for hydroxylation is 1. The Morgan fingerprint density at radius 1 is 1.35 bits per heavy atom. The summed E-state index contributed by atoms with van der Waals surface area (Å²) in [4.78, 5) is 0. The molecule has 2 aromatic rings. The number of sulfonamides is 1. The molecule has 0 saturated heterocycles. The zero-order valence-corrected chi connectivity index (χ0v) is 13.4. The van der Waals surface area contributed by atoms with Crippen molar-refractivity contribution >= 4 is 31.6 Å². The van der Waals surface area contributed by atoms with Crippen molar-refractivity contribution in [2.75, 3.05) is 4.31 Å². The molecular formula is C12H13BrN4O2S. The van der Waals surface area contributed by atoms with E-state index in [1.165, 1.54) is 8.99 Å². The van der Waals surface area contributed by atoms with Crippen molar-refractivity contribution in [2.24, 2.45) is 7.05 Å². The molecule has 0 spiro atoms. The highest BCUT2D eigenvalue weighted by molar-refractivity contribution is 9.10. The van der Waals surface area contributed by atoms with Gasteiger partial charge in [0.2, 0.25) is 5.03 Å². The van der Waals surface area contributed by atoms with Gasteiger partial charge in [-0.25, -0.2) is 4.68 Å². The molecular weight excluding hydrogens is 344 g/mol. The van der Waals surface area contributed by atoms with Gasteiger partial charge >= 0.3 is 0 Å². The van der Waals surface area contributed by atoms with E-state index in [1.807, 2.05) is 31.2 Å². The zero-order chi connectivity index (χ0) is 14.5. The van der Waals surface area contributed by atoms with E-state index < -0.39 is 10.0 Å². The molecule has 1 aliphatic heterocycles. The maximum Gasteiger partial charge on any atom is 0.284 e. The summed E-state index contributed by atoms with van der Waals surface area (Å²) in [5.41, 5.74) is 1.77. The second-order valence-electron chi connectivity index (χ2n) is 4.79. The second kappa shape index (κ2) is 4.56. The fraction of sp³-hybridized carbons (Fsp3) is 0.333. The lowest BCUT2D eigenvalue weighted by Crippen LogP contribution is -2.36. The molecule has 1 aromatic carbocycles. The Bertz CT molecular complexity index is 752. The molecule has 106 valence electrons. The van der Waals surface area contributed by atoms with Crippen molar-refractivity contribution in [3.8, 4) is 0 Å². The molecule has 0 saturated carbocycles. The van der Waals surface area contributed by atoms with Crippen molar-refractivity contribution in [3.63, 3.8) is 0 Å². The number of aromatic nitrogens is 3. The number of halogens is 1. The third-order valence-corrected chi connectivity index (χ3v) is 6.20. The summed E-state index contributed by atoms with van der Waals surface area (Å²) in [7, 11) is -2.13. The molecule has 1 aliphatic rings. The normalized spacial score (nSPS) is 18.4. The highest BCUT2D eigenvalue weighted by Crippen LogP contribution is 2.37. The van der Waals surface area contributed by atoms with Gasteiger partial charge < -0.3 is 0 Å². The minimum absolute atomic E-state index is 0.0704. The molecule has 3 rings (SSSR count). The number of rotatable bonds is 2.